The molecule has 0 aliphatic rings. The Kier molecular flexibility index (Phi) is 6.94. The zero-order valence-corrected chi connectivity index (χ0v) is 17.5. The van der Waals surface area contributed by atoms with Gasteiger partial charge in [0, 0.05) is 6.42 Å². The Morgan fingerprint density at radius 1 is 1.21 bits per heavy atom. The van der Waals surface area contributed by atoms with E-state index in [1.165, 1.54) is 11.3 Å². The lowest BCUT2D eigenvalue weighted by Gasteiger charge is -2.09. The molecular weight excluding hydrogens is 398 g/mol. The van der Waals surface area contributed by atoms with Crippen LogP contribution >= 0.6 is 23.1 Å². The SMILES string of the molecule is CCc1cnc(CSc2cnc(NC(=O)Cc3ccc(OC)c(OC)c3)s2)o1. The predicted molar refractivity (Wildman–Crippen MR) is 109 cm³/mol. The number of carbonyl (C=O) groups is 1. The van der Waals surface area contributed by atoms with Crippen molar-refractivity contribution in [3.63, 3.8) is 0 Å². The van der Waals surface area contributed by atoms with Crippen LogP contribution in [0, 0.1) is 0 Å². The molecule has 0 aliphatic heterocycles. The van der Waals surface area contributed by atoms with Crippen molar-refractivity contribution in [1.82, 2.24) is 9.97 Å². The normalized spacial score (nSPS) is 10.7. The summed E-state index contributed by atoms with van der Waals surface area (Å²) >= 11 is 3.00. The van der Waals surface area contributed by atoms with E-state index in [0.29, 0.717) is 28.3 Å². The molecule has 2 aromatic heterocycles. The highest BCUT2D eigenvalue weighted by Crippen LogP contribution is 2.31. The summed E-state index contributed by atoms with van der Waals surface area (Å²) in [4.78, 5) is 20.8. The maximum atomic E-state index is 12.3. The number of benzene rings is 1. The molecule has 0 fully saturated rings. The van der Waals surface area contributed by atoms with Crippen molar-refractivity contribution in [2.75, 3.05) is 19.5 Å². The molecule has 9 heteroatoms. The molecule has 3 aromatic rings. The van der Waals surface area contributed by atoms with Crippen LogP contribution in [0.15, 0.2) is 39.2 Å². The number of carbonyl (C=O) groups excluding carboxylic acids is 1. The first-order valence-corrected chi connectivity index (χ1v) is 10.4. The lowest BCUT2D eigenvalue weighted by Crippen LogP contribution is -2.14. The van der Waals surface area contributed by atoms with Gasteiger partial charge in [-0.25, -0.2) is 9.97 Å². The second-order valence-electron chi connectivity index (χ2n) is 5.76. The summed E-state index contributed by atoms with van der Waals surface area (Å²) in [5.74, 6) is 3.28. The molecule has 0 unspecified atom stereocenters. The fraction of sp³-hybridized carbons (Fsp3) is 0.316. The summed E-state index contributed by atoms with van der Waals surface area (Å²) < 4.78 is 17.1. The van der Waals surface area contributed by atoms with Gasteiger partial charge in [0.2, 0.25) is 11.8 Å². The van der Waals surface area contributed by atoms with Crippen molar-refractivity contribution >= 4 is 34.1 Å². The van der Waals surface area contributed by atoms with Crippen LogP contribution in [0.2, 0.25) is 0 Å². The summed E-state index contributed by atoms with van der Waals surface area (Å²) in [5.41, 5.74) is 0.830. The van der Waals surface area contributed by atoms with Crippen LogP contribution in [0.4, 0.5) is 5.13 Å². The molecule has 1 amide bonds. The third-order valence-electron chi connectivity index (χ3n) is 3.83. The minimum Gasteiger partial charge on any atom is -0.493 e. The summed E-state index contributed by atoms with van der Waals surface area (Å²) in [5, 5.41) is 3.40. The van der Waals surface area contributed by atoms with E-state index in [2.05, 4.69) is 15.3 Å². The number of anilines is 1. The number of ether oxygens (including phenoxy) is 2. The van der Waals surface area contributed by atoms with Gasteiger partial charge in [0.25, 0.3) is 0 Å². The zero-order valence-electron chi connectivity index (χ0n) is 15.9. The molecule has 1 N–H and O–H groups in total. The minimum absolute atomic E-state index is 0.140. The van der Waals surface area contributed by atoms with Gasteiger partial charge in [-0.1, -0.05) is 24.3 Å². The van der Waals surface area contributed by atoms with E-state index in [-0.39, 0.29) is 12.3 Å². The summed E-state index contributed by atoms with van der Waals surface area (Å²) in [6.45, 7) is 2.03. The molecule has 0 spiro atoms. The summed E-state index contributed by atoms with van der Waals surface area (Å²) in [7, 11) is 3.14. The van der Waals surface area contributed by atoms with Gasteiger partial charge in [0.05, 0.1) is 43.0 Å². The monoisotopic (exact) mass is 419 g/mol. The molecular formula is C19H21N3O4S2. The van der Waals surface area contributed by atoms with Crippen molar-refractivity contribution in [3.05, 3.63) is 47.8 Å². The van der Waals surface area contributed by atoms with Gasteiger partial charge in [-0.3, -0.25) is 4.79 Å². The number of methoxy groups -OCH3 is 2. The van der Waals surface area contributed by atoms with Crippen molar-refractivity contribution < 1.29 is 18.7 Å². The molecule has 0 bridgehead atoms. The maximum Gasteiger partial charge on any atom is 0.230 e. The third kappa shape index (κ3) is 5.26. The van der Waals surface area contributed by atoms with Gasteiger partial charge in [0.1, 0.15) is 5.76 Å². The molecule has 3 rings (SSSR count). The number of thioether (sulfide) groups is 1. The Morgan fingerprint density at radius 2 is 2.04 bits per heavy atom. The van der Waals surface area contributed by atoms with Crippen LogP contribution in [0.3, 0.4) is 0 Å². The van der Waals surface area contributed by atoms with Crippen molar-refractivity contribution in [2.45, 2.75) is 29.7 Å². The average molecular weight is 420 g/mol. The third-order valence-corrected chi connectivity index (χ3v) is 5.92. The topological polar surface area (TPSA) is 86.5 Å². The highest BCUT2D eigenvalue weighted by Gasteiger charge is 2.11. The standard InChI is InChI=1S/C19H21N3O4S2/c1-4-13-9-20-17(26-13)11-27-18-10-21-19(28-18)22-16(23)8-12-5-6-14(24-2)15(7-12)25-3/h5-7,9-10H,4,8,11H2,1-3H3,(H,21,22,23). The maximum absolute atomic E-state index is 12.3. The first kappa shape index (κ1) is 20.2. The highest BCUT2D eigenvalue weighted by atomic mass is 32.2. The number of nitrogens with one attached hydrogen (secondary N) is 1. The molecule has 0 saturated carbocycles. The van der Waals surface area contributed by atoms with Gasteiger partial charge >= 0.3 is 0 Å². The van der Waals surface area contributed by atoms with Gasteiger partial charge in [0.15, 0.2) is 16.6 Å². The molecule has 28 heavy (non-hydrogen) atoms. The number of hydrogen-bond acceptors (Lipinski definition) is 8. The van der Waals surface area contributed by atoms with Crippen LogP contribution in [0.25, 0.3) is 0 Å². The Hall–Kier alpha value is -2.52. The van der Waals surface area contributed by atoms with E-state index < -0.39 is 0 Å². The molecule has 1 aromatic carbocycles. The molecule has 148 valence electrons. The number of thiazole rings is 1. The fourth-order valence-electron chi connectivity index (χ4n) is 2.43. The van der Waals surface area contributed by atoms with Crippen LogP contribution in [-0.2, 0) is 23.4 Å². The second kappa shape index (κ2) is 9.61. The largest absolute Gasteiger partial charge is 0.493 e. The molecule has 0 saturated heterocycles. The zero-order chi connectivity index (χ0) is 19.9. The number of aryl methyl sites for hydroxylation is 1. The fourth-order valence-corrected chi connectivity index (χ4v) is 4.18. The average Bonchev–Trinajstić information content (AvgIpc) is 3.35. The first-order chi connectivity index (χ1) is 13.6. The van der Waals surface area contributed by atoms with Crippen molar-refractivity contribution in [2.24, 2.45) is 0 Å². The number of oxazole rings is 1. The summed E-state index contributed by atoms with van der Waals surface area (Å²) in [6.07, 6.45) is 4.54. The number of nitrogens with zero attached hydrogens (tertiary/aromatic N) is 2. The minimum atomic E-state index is -0.140. The molecule has 0 radical (unpaired) electrons. The van der Waals surface area contributed by atoms with E-state index in [4.69, 9.17) is 13.9 Å². The number of aromatic nitrogens is 2. The molecule has 0 aliphatic carbocycles. The van der Waals surface area contributed by atoms with Gasteiger partial charge < -0.3 is 19.2 Å². The van der Waals surface area contributed by atoms with E-state index in [9.17, 15) is 4.79 Å². The lowest BCUT2D eigenvalue weighted by molar-refractivity contribution is -0.115. The van der Waals surface area contributed by atoms with Gasteiger partial charge in [-0.05, 0) is 17.7 Å². The first-order valence-electron chi connectivity index (χ1n) is 8.64. The Labute approximate surface area is 171 Å². The number of rotatable bonds is 9. The number of amides is 1. The van der Waals surface area contributed by atoms with Crippen LogP contribution < -0.4 is 14.8 Å². The lowest BCUT2D eigenvalue weighted by atomic mass is 10.1. The molecule has 2 heterocycles. The van der Waals surface area contributed by atoms with Crippen LogP contribution in [0.1, 0.15) is 24.1 Å². The Balaban J connectivity index is 1.53. The van der Waals surface area contributed by atoms with E-state index in [0.717, 1.165) is 22.0 Å². The molecule has 7 nitrogen and oxygen atoms in total. The Morgan fingerprint density at radius 3 is 2.75 bits per heavy atom. The van der Waals surface area contributed by atoms with Gasteiger partial charge in [-0.2, -0.15) is 0 Å². The van der Waals surface area contributed by atoms with Crippen LogP contribution in [0.5, 0.6) is 11.5 Å². The van der Waals surface area contributed by atoms with Gasteiger partial charge in [-0.15, -0.1) is 11.8 Å². The van der Waals surface area contributed by atoms with Crippen molar-refractivity contribution in [3.8, 4) is 11.5 Å². The van der Waals surface area contributed by atoms with Crippen LogP contribution in [-0.4, -0.2) is 30.1 Å². The van der Waals surface area contributed by atoms with E-state index >= 15 is 0 Å². The van der Waals surface area contributed by atoms with Crippen molar-refractivity contribution in [1.29, 1.82) is 0 Å². The quantitative estimate of drug-likeness (QED) is 0.521. The highest BCUT2D eigenvalue weighted by molar-refractivity contribution is 8.00. The van der Waals surface area contributed by atoms with E-state index in [1.807, 2.05) is 13.0 Å². The number of hydrogen-bond donors (Lipinski definition) is 1. The molecule has 0 atom stereocenters. The summed E-state index contributed by atoms with van der Waals surface area (Å²) in [6, 6.07) is 5.42. The smallest absolute Gasteiger partial charge is 0.230 e. The predicted octanol–water partition coefficient (Wildman–Crippen LogP) is 4.18. The van der Waals surface area contributed by atoms with E-state index in [1.54, 1.807) is 50.5 Å². The second-order valence-corrected chi connectivity index (χ2v) is 8.07. The Bertz CT molecular complexity index is 939.